The van der Waals surface area contributed by atoms with Crippen LogP contribution in [0.2, 0.25) is 0 Å². The Morgan fingerprint density at radius 2 is 1.67 bits per heavy atom. The van der Waals surface area contributed by atoms with Gasteiger partial charge >= 0.3 is 6.18 Å². The van der Waals surface area contributed by atoms with Gasteiger partial charge in [-0.3, -0.25) is 4.79 Å². The number of halogens is 3. The second kappa shape index (κ2) is 8.81. The molecular formula is C21H20F3N5O. The zero-order valence-corrected chi connectivity index (χ0v) is 16.3. The van der Waals surface area contributed by atoms with Gasteiger partial charge in [-0.25, -0.2) is 4.98 Å². The number of amides is 1. The van der Waals surface area contributed by atoms with Crippen molar-refractivity contribution in [2.75, 3.05) is 22.5 Å². The van der Waals surface area contributed by atoms with E-state index >= 15 is 0 Å². The summed E-state index contributed by atoms with van der Waals surface area (Å²) in [5, 5.41) is 8.67. The van der Waals surface area contributed by atoms with Crippen LogP contribution in [-0.4, -0.2) is 22.4 Å². The Morgan fingerprint density at radius 3 is 2.33 bits per heavy atom. The van der Waals surface area contributed by atoms with Crippen LogP contribution in [0.4, 0.5) is 36.3 Å². The minimum Gasteiger partial charge on any atom is -0.354 e. The molecule has 9 heteroatoms. The molecule has 0 aliphatic rings. The molecule has 3 N–H and O–H groups in total. The van der Waals surface area contributed by atoms with E-state index in [1.165, 1.54) is 12.1 Å². The molecule has 0 radical (unpaired) electrons. The lowest BCUT2D eigenvalue weighted by atomic mass is 10.1. The fourth-order valence-electron chi connectivity index (χ4n) is 2.78. The molecule has 3 aromatic rings. The quantitative estimate of drug-likeness (QED) is 0.514. The van der Waals surface area contributed by atoms with E-state index in [1.807, 2.05) is 13.8 Å². The largest absolute Gasteiger partial charge is 0.417 e. The molecule has 1 aromatic heterocycles. The van der Waals surface area contributed by atoms with Gasteiger partial charge in [-0.2, -0.15) is 18.2 Å². The summed E-state index contributed by atoms with van der Waals surface area (Å²) in [5.41, 5.74) is 0.450. The van der Waals surface area contributed by atoms with Crippen LogP contribution in [-0.2, 0) is 6.18 Å². The second-order valence-electron chi connectivity index (χ2n) is 6.45. The summed E-state index contributed by atoms with van der Waals surface area (Å²) >= 11 is 0. The lowest BCUT2D eigenvalue weighted by Gasteiger charge is -2.13. The highest BCUT2D eigenvalue weighted by Gasteiger charge is 2.34. The number of hydrogen-bond donors (Lipinski definition) is 3. The second-order valence-corrected chi connectivity index (χ2v) is 6.45. The standard InChI is InChI=1S/C21H20F3N5O/c1-3-25-20-26-13(2)12-18(29-20)27-14-8-10-15(11-9-14)28-19(30)16-6-4-5-7-17(16)21(22,23)24/h4-12H,3H2,1-2H3,(H,28,30)(H2,25,26,27,29). The topological polar surface area (TPSA) is 78.9 Å². The molecule has 1 heterocycles. The van der Waals surface area contributed by atoms with Gasteiger partial charge in [0, 0.05) is 29.7 Å². The average Bonchev–Trinajstić information content (AvgIpc) is 2.68. The van der Waals surface area contributed by atoms with Gasteiger partial charge in [0.25, 0.3) is 5.91 Å². The maximum Gasteiger partial charge on any atom is 0.417 e. The van der Waals surface area contributed by atoms with Crippen molar-refractivity contribution in [2.24, 2.45) is 0 Å². The van der Waals surface area contributed by atoms with Crippen molar-refractivity contribution >= 4 is 29.0 Å². The molecule has 1 amide bonds. The van der Waals surface area contributed by atoms with E-state index in [9.17, 15) is 18.0 Å². The molecule has 0 unspecified atom stereocenters. The van der Waals surface area contributed by atoms with Gasteiger partial charge in [-0.05, 0) is 50.2 Å². The van der Waals surface area contributed by atoms with Crippen molar-refractivity contribution < 1.29 is 18.0 Å². The fraction of sp³-hybridized carbons (Fsp3) is 0.190. The molecule has 0 bridgehead atoms. The third-order valence-electron chi connectivity index (χ3n) is 4.08. The smallest absolute Gasteiger partial charge is 0.354 e. The van der Waals surface area contributed by atoms with Gasteiger partial charge in [0.05, 0.1) is 11.1 Å². The van der Waals surface area contributed by atoms with Crippen LogP contribution >= 0.6 is 0 Å². The number of nitrogens with one attached hydrogen (secondary N) is 3. The molecule has 30 heavy (non-hydrogen) atoms. The zero-order valence-electron chi connectivity index (χ0n) is 16.3. The average molecular weight is 415 g/mol. The van der Waals surface area contributed by atoms with E-state index in [-0.39, 0.29) is 0 Å². The summed E-state index contributed by atoms with van der Waals surface area (Å²) in [6, 6.07) is 13.0. The number of aryl methyl sites for hydroxylation is 1. The van der Waals surface area contributed by atoms with Gasteiger partial charge in [0.2, 0.25) is 5.95 Å². The van der Waals surface area contributed by atoms with Gasteiger partial charge in [0.15, 0.2) is 0 Å². The van der Waals surface area contributed by atoms with Crippen LogP contribution in [0.25, 0.3) is 0 Å². The first-order valence-corrected chi connectivity index (χ1v) is 9.20. The van der Waals surface area contributed by atoms with Crippen LogP contribution in [0.3, 0.4) is 0 Å². The lowest BCUT2D eigenvalue weighted by molar-refractivity contribution is -0.137. The van der Waals surface area contributed by atoms with Crippen molar-refractivity contribution in [2.45, 2.75) is 20.0 Å². The molecule has 0 spiro atoms. The van der Waals surface area contributed by atoms with E-state index in [4.69, 9.17) is 0 Å². The summed E-state index contributed by atoms with van der Waals surface area (Å²) < 4.78 is 39.3. The predicted molar refractivity (Wildman–Crippen MR) is 110 cm³/mol. The summed E-state index contributed by atoms with van der Waals surface area (Å²) in [6.07, 6.45) is -4.61. The summed E-state index contributed by atoms with van der Waals surface area (Å²) in [7, 11) is 0. The summed E-state index contributed by atoms with van der Waals surface area (Å²) in [5.74, 6) is 0.270. The molecular weight excluding hydrogens is 395 g/mol. The monoisotopic (exact) mass is 415 g/mol. The number of nitrogens with zero attached hydrogens (tertiary/aromatic N) is 2. The highest BCUT2D eigenvalue weighted by atomic mass is 19.4. The molecule has 0 fully saturated rings. The molecule has 0 aliphatic carbocycles. The third kappa shape index (κ3) is 5.25. The van der Waals surface area contributed by atoms with Crippen molar-refractivity contribution in [3.8, 4) is 0 Å². The van der Waals surface area contributed by atoms with Crippen molar-refractivity contribution in [3.05, 3.63) is 71.4 Å². The Bertz CT molecular complexity index is 1040. The van der Waals surface area contributed by atoms with E-state index in [1.54, 1.807) is 30.3 Å². The highest BCUT2D eigenvalue weighted by molar-refractivity contribution is 6.05. The fourth-order valence-corrected chi connectivity index (χ4v) is 2.78. The number of benzene rings is 2. The third-order valence-corrected chi connectivity index (χ3v) is 4.08. The van der Waals surface area contributed by atoms with E-state index in [0.29, 0.717) is 29.7 Å². The van der Waals surface area contributed by atoms with Crippen LogP contribution in [0, 0.1) is 6.92 Å². The molecule has 0 saturated heterocycles. The van der Waals surface area contributed by atoms with E-state index in [0.717, 1.165) is 17.8 Å². The van der Waals surface area contributed by atoms with Crippen LogP contribution in [0.1, 0.15) is 28.5 Å². The first kappa shape index (κ1) is 21.1. The Labute approximate surface area is 171 Å². The number of rotatable bonds is 6. The number of carbonyl (C=O) groups is 1. The van der Waals surface area contributed by atoms with Crippen molar-refractivity contribution in [1.82, 2.24) is 9.97 Å². The van der Waals surface area contributed by atoms with Crippen molar-refractivity contribution in [3.63, 3.8) is 0 Å². The Hall–Kier alpha value is -3.62. The maximum atomic E-state index is 13.1. The Morgan fingerprint density at radius 1 is 1.00 bits per heavy atom. The first-order valence-electron chi connectivity index (χ1n) is 9.20. The number of anilines is 4. The SMILES string of the molecule is CCNc1nc(C)cc(Nc2ccc(NC(=O)c3ccccc3C(F)(F)F)cc2)n1. The first-order chi connectivity index (χ1) is 14.3. The minimum absolute atomic E-state index is 0.370. The van der Waals surface area contributed by atoms with Crippen LogP contribution < -0.4 is 16.0 Å². The molecule has 6 nitrogen and oxygen atoms in total. The molecule has 0 aliphatic heterocycles. The van der Waals surface area contributed by atoms with E-state index < -0.39 is 23.2 Å². The molecule has 2 aromatic carbocycles. The van der Waals surface area contributed by atoms with Gasteiger partial charge < -0.3 is 16.0 Å². The predicted octanol–water partition coefficient (Wildman–Crippen LogP) is 5.23. The Balaban J connectivity index is 1.72. The lowest BCUT2D eigenvalue weighted by Crippen LogP contribution is -2.18. The normalized spacial score (nSPS) is 11.1. The van der Waals surface area contributed by atoms with Crippen LogP contribution in [0.15, 0.2) is 54.6 Å². The van der Waals surface area contributed by atoms with Gasteiger partial charge in [-0.15, -0.1) is 0 Å². The van der Waals surface area contributed by atoms with Gasteiger partial charge in [0.1, 0.15) is 5.82 Å². The molecule has 156 valence electrons. The number of hydrogen-bond acceptors (Lipinski definition) is 5. The molecule has 0 atom stereocenters. The maximum absolute atomic E-state index is 13.1. The van der Waals surface area contributed by atoms with Crippen molar-refractivity contribution in [1.29, 1.82) is 0 Å². The van der Waals surface area contributed by atoms with Gasteiger partial charge in [-0.1, -0.05) is 12.1 Å². The van der Waals surface area contributed by atoms with Crippen LogP contribution in [0.5, 0.6) is 0 Å². The molecule has 0 saturated carbocycles. The molecule has 3 rings (SSSR count). The highest BCUT2D eigenvalue weighted by Crippen LogP contribution is 2.32. The van der Waals surface area contributed by atoms with E-state index in [2.05, 4.69) is 25.9 Å². The summed E-state index contributed by atoms with van der Waals surface area (Å²) in [4.78, 5) is 21.0. The Kier molecular flexibility index (Phi) is 6.20. The summed E-state index contributed by atoms with van der Waals surface area (Å²) in [6.45, 7) is 4.48. The zero-order chi connectivity index (χ0) is 21.7. The number of carbonyl (C=O) groups excluding carboxylic acids is 1. The minimum atomic E-state index is -4.61. The number of aromatic nitrogens is 2. The number of alkyl halides is 3.